The molecule has 1 aliphatic rings. The first-order valence-electron chi connectivity index (χ1n) is 5.64. The Morgan fingerprint density at radius 1 is 1.47 bits per heavy atom. The van der Waals surface area contributed by atoms with Crippen molar-refractivity contribution in [3.8, 4) is 0 Å². The summed E-state index contributed by atoms with van der Waals surface area (Å²) < 4.78 is 4.86. The van der Waals surface area contributed by atoms with Crippen LogP contribution in [0.1, 0.15) is 39.0 Å². The maximum Gasteiger partial charge on any atom is 0.305 e. The lowest BCUT2D eigenvalue weighted by Gasteiger charge is -2.26. The molecule has 0 amide bonds. The highest BCUT2D eigenvalue weighted by Crippen LogP contribution is 2.37. The van der Waals surface area contributed by atoms with Crippen molar-refractivity contribution in [1.29, 1.82) is 0 Å². The van der Waals surface area contributed by atoms with Gasteiger partial charge in [0.1, 0.15) is 0 Å². The number of allylic oxidation sites excluding steroid dienone is 2. The molecular formula is C12H20O3. The second kappa shape index (κ2) is 5.91. The average molecular weight is 212 g/mol. The van der Waals surface area contributed by atoms with Gasteiger partial charge in [0.25, 0.3) is 0 Å². The van der Waals surface area contributed by atoms with Crippen LogP contribution in [0.2, 0.25) is 0 Å². The molecule has 0 aliphatic heterocycles. The van der Waals surface area contributed by atoms with Crippen LogP contribution < -0.4 is 0 Å². The highest BCUT2D eigenvalue weighted by atomic mass is 16.5. The number of rotatable bonds is 6. The van der Waals surface area contributed by atoms with Crippen molar-refractivity contribution in [1.82, 2.24) is 0 Å². The molecule has 0 saturated heterocycles. The standard InChI is InChI=1S/C12H20O3/c1-2-15-11(14)6-5-9-12(10-13)7-3-4-8-12/h3-4,13H,2,5-10H2,1H3. The lowest BCUT2D eigenvalue weighted by atomic mass is 9.81. The molecular weight excluding hydrogens is 192 g/mol. The Morgan fingerprint density at radius 2 is 2.13 bits per heavy atom. The van der Waals surface area contributed by atoms with Gasteiger partial charge in [-0.15, -0.1) is 0 Å². The first-order chi connectivity index (χ1) is 7.22. The van der Waals surface area contributed by atoms with Crippen molar-refractivity contribution >= 4 is 5.97 Å². The van der Waals surface area contributed by atoms with Gasteiger partial charge in [-0.2, -0.15) is 0 Å². The van der Waals surface area contributed by atoms with Crippen molar-refractivity contribution in [3.05, 3.63) is 12.2 Å². The van der Waals surface area contributed by atoms with E-state index in [4.69, 9.17) is 4.74 Å². The molecule has 15 heavy (non-hydrogen) atoms. The minimum Gasteiger partial charge on any atom is -0.466 e. The van der Waals surface area contributed by atoms with E-state index < -0.39 is 0 Å². The Bertz CT molecular complexity index is 225. The van der Waals surface area contributed by atoms with Crippen LogP contribution in [-0.4, -0.2) is 24.3 Å². The minimum absolute atomic E-state index is 0.00644. The van der Waals surface area contributed by atoms with Crippen molar-refractivity contribution in [2.75, 3.05) is 13.2 Å². The number of aliphatic hydroxyl groups is 1. The highest BCUT2D eigenvalue weighted by molar-refractivity contribution is 5.69. The number of hydrogen-bond acceptors (Lipinski definition) is 3. The SMILES string of the molecule is CCOC(=O)CCCC1(CO)CC=CC1. The maximum atomic E-state index is 11.1. The van der Waals surface area contributed by atoms with E-state index in [0.717, 1.165) is 25.7 Å². The number of ether oxygens (including phenoxy) is 1. The van der Waals surface area contributed by atoms with Gasteiger partial charge < -0.3 is 9.84 Å². The molecule has 0 radical (unpaired) electrons. The van der Waals surface area contributed by atoms with Crippen LogP contribution in [-0.2, 0) is 9.53 Å². The monoisotopic (exact) mass is 212 g/mol. The lowest BCUT2D eigenvalue weighted by Crippen LogP contribution is -2.22. The van der Waals surface area contributed by atoms with Crippen LogP contribution in [0.3, 0.4) is 0 Å². The Balaban J connectivity index is 2.21. The van der Waals surface area contributed by atoms with Gasteiger partial charge in [-0.3, -0.25) is 4.79 Å². The van der Waals surface area contributed by atoms with Crippen molar-refractivity contribution in [3.63, 3.8) is 0 Å². The number of esters is 1. The van der Waals surface area contributed by atoms with Crippen LogP contribution >= 0.6 is 0 Å². The molecule has 0 aromatic carbocycles. The molecule has 0 fully saturated rings. The largest absolute Gasteiger partial charge is 0.466 e. The Labute approximate surface area is 91.1 Å². The molecule has 0 heterocycles. The average Bonchev–Trinajstić information content (AvgIpc) is 2.68. The normalized spacial score (nSPS) is 18.0. The lowest BCUT2D eigenvalue weighted by molar-refractivity contribution is -0.143. The third-order valence-electron chi connectivity index (χ3n) is 3.00. The van der Waals surface area contributed by atoms with Crippen molar-refractivity contribution < 1.29 is 14.6 Å². The van der Waals surface area contributed by atoms with E-state index in [-0.39, 0.29) is 18.0 Å². The van der Waals surface area contributed by atoms with E-state index >= 15 is 0 Å². The van der Waals surface area contributed by atoms with E-state index in [1.54, 1.807) is 0 Å². The molecule has 3 nitrogen and oxygen atoms in total. The van der Waals surface area contributed by atoms with Gasteiger partial charge >= 0.3 is 5.97 Å². The number of hydrogen-bond donors (Lipinski definition) is 1. The molecule has 0 bridgehead atoms. The van der Waals surface area contributed by atoms with Crippen molar-refractivity contribution in [2.45, 2.75) is 39.0 Å². The topological polar surface area (TPSA) is 46.5 Å². The molecule has 0 atom stereocenters. The second-order valence-electron chi connectivity index (χ2n) is 4.20. The summed E-state index contributed by atoms with van der Waals surface area (Å²) in [5.74, 6) is -0.128. The molecule has 0 unspecified atom stereocenters. The first kappa shape index (κ1) is 12.2. The smallest absolute Gasteiger partial charge is 0.305 e. The Morgan fingerprint density at radius 3 is 2.67 bits per heavy atom. The summed E-state index contributed by atoms with van der Waals surface area (Å²) in [5, 5.41) is 9.33. The predicted octanol–water partition coefficient (Wildman–Crippen LogP) is 2.05. The second-order valence-corrected chi connectivity index (χ2v) is 4.20. The molecule has 86 valence electrons. The van der Waals surface area contributed by atoms with E-state index in [1.165, 1.54) is 0 Å². The third-order valence-corrected chi connectivity index (χ3v) is 3.00. The molecule has 0 saturated carbocycles. The number of aliphatic hydroxyl groups excluding tert-OH is 1. The quantitative estimate of drug-likeness (QED) is 0.541. The summed E-state index contributed by atoms with van der Waals surface area (Å²) in [6, 6.07) is 0. The molecule has 1 aliphatic carbocycles. The van der Waals surface area contributed by atoms with Crippen LogP contribution in [0.5, 0.6) is 0 Å². The summed E-state index contributed by atoms with van der Waals surface area (Å²) >= 11 is 0. The molecule has 1 rings (SSSR count). The molecule has 1 N–H and O–H groups in total. The van der Waals surface area contributed by atoms with Gasteiger partial charge in [-0.1, -0.05) is 12.2 Å². The number of carbonyl (C=O) groups is 1. The third kappa shape index (κ3) is 3.67. The van der Waals surface area contributed by atoms with Gasteiger partial charge in [0.15, 0.2) is 0 Å². The fourth-order valence-electron chi connectivity index (χ4n) is 2.00. The zero-order valence-electron chi connectivity index (χ0n) is 9.37. The molecule has 0 aromatic heterocycles. The van der Waals surface area contributed by atoms with Gasteiger partial charge in [-0.25, -0.2) is 0 Å². The van der Waals surface area contributed by atoms with E-state index in [1.807, 2.05) is 6.92 Å². The fraction of sp³-hybridized carbons (Fsp3) is 0.750. The number of carbonyl (C=O) groups excluding carboxylic acids is 1. The maximum absolute atomic E-state index is 11.1. The summed E-state index contributed by atoms with van der Waals surface area (Å²) in [5.41, 5.74) is 0.00644. The Hall–Kier alpha value is -0.830. The van der Waals surface area contributed by atoms with Crippen LogP contribution in [0.15, 0.2) is 12.2 Å². The predicted molar refractivity (Wildman–Crippen MR) is 58.4 cm³/mol. The summed E-state index contributed by atoms with van der Waals surface area (Å²) in [6.45, 7) is 2.47. The van der Waals surface area contributed by atoms with Crippen LogP contribution in [0, 0.1) is 5.41 Å². The van der Waals surface area contributed by atoms with Crippen LogP contribution in [0.4, 0.5) is 0 Å². The zero-order valence-corrected chi connectivity index (χ0v) is 9.37. The van der Waals surface area contributed by atoms with Gasteiger partial charge in [-0.05, 0) is 32.6 Å². The molecule has 0 spiro atoms. The Kier molecular flexibility index (Phi) is 4.82. The van der Waals surface area contributed by atoms with E-state index in [0.29, 0.717) is 13.0 Å². The van der Waals surface area contributed by atoms with E-state index in [2.05, 4.69) is 12.2 Å². The van der Waals surface area contributed by atoms with Crippen LogP contribution in [0.25, 0.3) is 0 Å². The zero-order chi connectivity index (χ0) is 11.1. The highest BCUT2D eigenvalue weighted by Gasteiger charge is 2.29. The molecule has 3 heteroatoms. The van der Waals surface area contributed by atoms with Crippen molar-refractivity contribution in [2.24, 2.45) is 5.41 Å². The van der Waals surface area contributed by atoms with E-state index in [9.17, 15) is 9.90 Å². The summed E-state index contributed by atoms with van der Waals surface area (Å²) in [7, 11) is 0. The summed E-state index contributed by atoms with van der Waals surface area (Å²) in [6.07, 6.45) is 8.27. The first-order valence-corrected chi connectivity index (χ1v) is 5.64. The summed E-state index contributed by atoms with van der Waals surface area (Å²) in [4.78, 5) is 11.1. The van der Waals surface area contributed by atoms with Gasteiger partial charge in [0.05, 0.1) is 6.61 Å². The minimum atomic E-state index is -0.128. The van der Waals surface area contributed by atoms with Gasteiger partial charge in [0.2, 0.25) is 0 Å². The van der Waals surface area contributed by atoms with Gasteiger partial charge in [0, 0.05) is 18.4 Å². The molecule has 0 aromatic rings. The fourth-order valence-corrected chi connectivity index (χ4v) is 2.00.